The second kappa shape index (κ2) is 8.96. The third-order valence-corrected chi connectivity index (χ3v) is 4.40. The minimum atomic E-state index is -0.913. The highest BCUT2D eigenvalue weighted by Crippen LogP contribution is 2.24. The molecule has 0 bridgehead atoms. The molecule has 0 radical (unpaired) electrons. The van der Waals surface area contributed by atoms with Gasteiger partial charge in [-0.3, -0.25) is 4.79 Å². The molecule has 2 aromatic rings. The third-order valence-electron chi connectivity index (χ3n) is 4.40. The zero-order valence-corrected chi connectivity index (χ0v) is 15.0. The molecule has 0 aromatic heterocycles. The summed E-state index contributed by atoms with van der Waals surface area (Å²) in [5.74, 6) is -1.81. The minimum absolute atomic E-state index is 0. The van der Waals surface area contributed by atoms with Crippen LogP contribution in [0.2, 0.25) is 0 Å². The van der Waals surface area contributed by atoms with Crippen LogP contribution < -0.4 is 5.73 Å². The molecule has 7 heteroatoms. The molecule has 4 nitrogen and oxygen atoms in total. The van der Waals surface area contributed by atoms with E-state index in [1.807, 2.05) is 24.3 Å². The van der Waals surface area contributed by atoms with Gasteiger partial charge in [-0.15, -0.1) is 12.4 Å². The van der Waals surface area contributed by atoms with Crippen LogP contribution in [0.5, 0.6) is 0 Å². The molecule has 1 heterocycles. The number of halogens is 3. The number of nitrogen functional groups attached to an aromatic ring is 1. The van der Waals surface area contributed by atoms with Crippen molar-refractivity contribution in [3.05, 3.63) is 65.2 Å². The van der Waals surface area contributed by atoms with Crippen molar-refractivity contribution in [3.63, 3.8) is 0 Å². The Labute approximate surface area is 157 Å². The molecule has 2 aromatic carbocycles. The summed E-state index contributed by atoms with van der Waals surface area (Å²) in [4.78, 5) is 14.2. The fourth-order valence-electron chi connectivity index (χ4n) is 2.95. The number of amides is 1. The van der Waals surface area contributed by atoms with E-state index in [0.29, 0.717) is 43.8 Å². The lowest BCUT2D eigenvalue weighted by atomic mass is 10.1. The molecule has 1 saturated heterocycles. The van der Waals surface area contributed by atoms with Gasteiger partial charge >= 0.3 is 0 Å². The van der Waals surface area contributed by atoms with Crippen molar-refractivity contribution in [2.24, 2.45) is 0 Å². The van der Waals surface area contributed by atoms with Gasteiger partial charge in [0, 0.05) is 18.7 Å². The highest BCUT2D eigenvalue weighted by molar-refractivity contribution is 5.85. The molecular weight excluding hydrogens is 362 g/mol. The molecule has 1 unspecified atom stereocenters. The molecule has 26 heavy (non-hydrogen) atoms. The van der Waals surface area contributed by atoms with Crippen LogP contribution in [0.3, 0.4) is 0 Å². The second-order valence-corrected chi connectivity index (χ2v) is 6.07. The average molecular weight is 383 g/mol. The number of para-hydroxylation sites is 1. The number of hydrogen-bond acceptors (Lipinski definition) is 3. The number of carbonyl (C=O) groups excluding carboxylic acids is 1. The van der Waals surface area contributed by atoms with Crippen molar-refractivity contribution < 1.29 is 18.3 Å². The minimum Gasteiger partial charge on any atom is -0.399 e. The number of morpholine rings is 1. The van der Waals surface area contributed by atoms with Crippen LogP contribution in [0, 0.1) is 11.6 Å². The maximum atomic E-state index is 13.4. The van der Waals surface area contributed by atoms with Crippen LogP contribution >= 0.6 is 12.4 Å². The van der Waals surface area contributed by atoms with Crippen LogP contribution in [-0.2, 0) is 16.0 Å². The molecule has 140 valence electrons. The standard InChI is InChI=1S/C19H20F2N2O2.ClH/c20-15-7-5-14(11-16(15)21)18-12-23(9-10-25-18)19(24)8-6-13-3-1-2-4-17(13)22;/h1-5,7,11,18H,6,8-10,12,22H2;1H. The van der Waals surface area contributed by atoms with Crippen molar-refractivity contribution >= 4 is 24.0 Å². The Morgan fingerprint density at radius 3 is 2.69 bits per heavy atom. The molecule has 1 fully saturated rings. The Kier molecular flexibility index (Phi) is 6.94. The predicted octanol–water partition coefficient (Wildman–Crippen LogP) is 3.50. The van der Waals surface area contributed by atoms with Gasteiger partial charge < -0.3 is 15.4 Å². The van der Waals surface area contributed by atoms with Gasteiger partial charge in [0.1, 0.15) is 6.10 Å². The van der Waals surface area contributed by atoms with E-state index in [-0.39, 0.29) is 18.3 Å². The van der Waals surface area contributed by atoms with E-state index in [2.05, 4.69) is 0 Å². The number of nitrogens with zero attached hydrogens (tertiary/aromatic N) is 1. The van der Waals surface area contributed by atoms with Crippen molar-refractivity contribution in [1.29, 1.82) is 0 Å². The van der Waals surface area contributed by atoms with Gasteiger partial charge in [-0.05, 0) is 35.7 Å². The fraction of sp³-hybridized carbons (Fsp3) is 0.316. The van der Waals surface area contributed by atoms with Gasteiger partial charge in [-0.2, -0.15) is 0 Å². The van der Waals surface area contributed by atoms with Crippen molar-refractivity contribution in [2.45, 2.75) is 18.9 Å². The Hall–Kier alpha value is -2.18. The highest BCUT2D eigenvalue weighted by Gasteiger charge is 2.25. The number of benzene rings is 2. The largest absolute Gasteiger partial charge is 0.399 e. The van der Waals surface area contributed by atoms with Gasteiger partial charge in [-0.25, -0.2) is 8.78 Å². The van der Waals surface area contributed by atoms with Crippen LogP contribution in [0.15, 0.2) is 42.5 Å². The quantitative estimate of drug-likeness (QED) is 0.823. The lowest BCUT2D eigenvalue weighted by molar-refractivity contribution is -0.139. The third kappa shape index (κ3) is 4.71. The molecule has 1 aliphatic rings. The van der Waals surface area contributed by atoms with Crippen LogP contribution in [0.4, 0.5) is 14.5 Å². The van der Waals surface area contributed by atoms with Crippen molar-refractivity contribution in [1.82, 2.24) is 4.90 Å². The zero-order valence-electron chi connectivity index (χ0n) is 14.2. The molecule has 3 rings (SSSR count). The summed E-state index contributed by atoms with van der Waals surface area (Å²) in [6.45, 7) is 1.18. The van der Waals surface area contributed by atoms with Crippen LogP contribution in [0.25, 0.3) is 0 Å². The Bertz CT molecular complexity index is 773. The maximum absolute atomic E-state index is 13.4. The SMILES string of the molecule is Cl.Nc1ccccc1CCC(=O)N1CCOC(c2ccc(F)c(F)c2)C1. The number of aryl methyl sites for hydroxylation is 1. The summed E-state index contributed by atoms with van der Waals surface area (Å²) in [6.07, 6.45) is 0.465. The van der Waals surface area contributed by atoms with Crippen LogP contribution in [0.1, 0.15) is 23.7 Å². The first-order valence-electron chi connectivity index (χ1n) is 8.22. The van der Waals surface area contributed by atoms with Gasteiger partial charge in [0.25, 0.3) is 0 Å². The molecule has 0 saturated carbocycles. The summed E-state index contributed by atoms with van der Waals surface area (Å²) in [5, 5.41) is 0. The predicted molar refractivity (Wildman–Crippen MR) is 98.1 cm³/mol. The van der Waals surface area contributed by atoms with E-state index in [4.69, 9.17) is 10.5 Å². The van der Waals surface area contributed by atoms with E-state index in [1.165, 1.54) is 6.07 Å². The molecule has 1 atom stereocenters. The number of rotatable bonds is 4. The summed E-state index contributed by atoms with van der Waals surface area (Å²) >= 11 is 0. The van der Waals surface area contributed by atoms with Crippen molar-refractivity contribution in [2.75, 3.05) is 25.4 Å². The first-order valence-corrected chi connectivity index (χ1v) is 8.22. The zero-order chi connectivity index (χ0) is 17.8. The van der Waals surface area contributed by atoms with E-state index in [9.17, 15) is 13.6 Å². The first kappa shape index (κ1) is 20.1. The number of carbonyl (C=O) groups is 1. The second-order valence-electron chi connectivity index (χ2n) is 6.07. The van der Waals surface area contributed by atoms with Gasteiger partial charge in [0.15, 0.2) is 11.6 Å². The van der Waals surface area contributed by atoms with Gasteiger partial charge in [0.05, 0.1) is 13.2 Å². The number of hydrogen-bond donors (Lipinski definition) is 1. The molecule has 1 amide bonds. The molecule has 0 aliphatic carbocycles. The summed E-state index contributed by atoms with van der Waals surface area (Å²) < 4.78 is 32.1. The van der Waals surface area contributed by atoms with Crippen LogP contribution in [-0.4, -0.2) is 30.5 Å². The molecule has 2 N–H and O–H groups in total. The lowest BCUT2D eigenvalue weighted by Crippen LogP contribution is -2.42. The summed E-state index contributed by atoms with van der Waals surface area (Å²) in [5.41, 5.74) is 8.05. The summed E-state index contributed by atoms with van der Waals surface area (Å²) in [7, 11) is 0. The molecular formula is C19H21ClF2N2O2. The normalized spacial score (nSPS) is 16.8. The number of nitrogens with two attached hydrogens (primary N) is 1. The number of anilines is 1. The maximum Gasteiger partial charge on any atom is 0.223 e. The Morgan fingerprint density at radius 2 is 1.96 bits per heavy atom. The molecule has 1 aliphatic heterocycles. The smallest absolute Gasteiger partial charge is 0.223 e. The summed E-state index contributed by atoms with van der Waals surface area (Å²) in [6, 6.07) is 11.2. The van der Waals surface area contributed by atoms with E-state index < -0.39 is 17.7 Å². The topological polar surface area (TPSA) is 55.6 Å². The Balaban J connectivity index is 0.00000243. The lowest BCUT2D eigenvalue weighted by Gasteiger charge is -2.33. The van der Waals surface area contributed by atoms with Gasteiger partial charge in [-0.1, -0.05) is 24.3 Å². The van der Waals surface area contributed by atoms with Gasteiger partial charge in [0.2, 0.25) is 5.91 Å². The average Bonchev–Trinajstić information content (AvgIpc) is 2.63. The van der Waals surface area contributed by atoms with Crippen molar-refractivity contribution in [3.8, 4) is 0 Å². The molecule has 0 spiro atoms. The number of ether oxygens (including phenoxy) is 1. The van der Waals surface area contributed by atoms with E-state index >= 15 is 0 Å². The highest BCUT2D eigenvalue weighted by atomic mass is 35.5. The van der Waals surface area contributed by atoms with E-state index in [1.54, 1.807) is 4.90 Å². The monoisotopic (exact) mass is 382 g/mol. The van der Waals surface area contributed by atoms with E-state index in [0.717, 1.165) is 17.7 Å². The first-order chi connectivity index (χ1) is 12.0. The Morgan fingerprint density at radius 1 is 1.19 bits per heavy atom. The fourth-order valence-corrected chi connectivity index (χ4v) is 2.95.